The number of aromatic amines is 1. The molecule has 1 N–H and O–H groups in total. The third kappa shape index (κ3) is 3.51. The van der Waals surface area contributed by atoms with Gasteiger partial charge in [-0.05, 0) is 42.7 Å². The summed E-state index contributed by atoms with van der Waals surface area (Å²) in [5.41, 5.74) is 3.91. The molecule has 1 aromatic heterocycles. The van der Waals surface area contributed by atoms with Crippen molar-refractivity contribution in [2.24, 2.45) is 0 Å². The average molecular weight is 454 g/mol. The third-order valence-electron chi connectivity index (χ3n) is 6.13. The van der Waals surface area contributed by atoms with Gasteiger partial charge in [0, 0.05) is 29.3 Å². The molecule has 2 unspecified atom stereocenters. The Kier molecular flexibility index (Phi) is 5.53. The van der Waals surface area contributed by atoms with Crippen molar-refractivity contribution in [1.82, 2.24) is 15.1 Å². The second kappa shape index (κ2) is 8.48. The minimum absolute atomic E-state index is 0.0255. The van der Waals surface area contributed by atoms with Gasteiger partial charge in [-0.15, -0.1) is 0 Å². The fourth-order valence-corrected chi connectivity index (χ4v) is 4.72. The first kappa shape index (κ1) is 20.8. The minimum Gasteiger partial charge on any atom is -0.493 e. The predicted molar refractivity (Wildman–Crippen MR) is 120 cm³/mol. The number of methoxy groups -OCH3 is 2. The van der Waals surface area contributed by atoms with Crippen LogP contribution in [0.4, 0.5) is 0 Å². The molecule has 1 fully saturated rings. The molecule has 0 bridgehead atoms. The highest BCUT2D eigenvalue weighted by Gasteiger charge is 2.43. The lowest BCUT2D eigenvalue weighted by Crippen LogP contribution is -2.36. The zero-order valence-corrected chi connectivity index (χ0v) is 18.7. The second-order valence-electron chi connectivity index (χ2n) is 7.98. The summed E-state index contributed by atoms with van der Waals surface area (Å²) in [5, 5.41) is 8.13. The van der Waals surface area contributed by atoms with Gasteiger partial charge in [-0.25, -0.2) is 0 Å². The summed E-state index contributed by atoms with van der Waals surface area (Å²) in [6.07, 6.45) is 1.98. The van der Waals surface area contributed by atoms with E-state index in [2.05, 4.69) is 10.2 Å². The fourth-order valence-electron chi connectivity index (χ4n) is 4.59. The van der Waals surface area contributed by atoms with Crippen LogP contribution in [-0.2, 0) is 4.74 Å². The maximum atomic E-state index is 13.5. The van der Waals surface area contributed by atoms with Gasteiger partial charge in [0.15, 0.2) is 11.5 Å². The van der Waals surface area contributed by atoms with Gasteiger partial charge in [0.25, 0.3) is 5.91 Å². The van der Waals surface area contributed by atoms with Crippen LogP contribution in [0.2, 0.25) is 5.02 Å². The molecular weight excluding hydrogens is 430 g/mol. The lowest BCUT2D eigenvalue weighted by molar-refractivity contribution is 0.0495. The number of fused-ring (bicyclic) bond motifs is 1. The predicted octanol–water partition coefficient (Wildman–Crippen LogP) is 4.47. The van der Waals surface area contributed by atoms with Crippen molar-refractivity contribution in [3.05, 3.63) is 64.3 Å². The number of ether oxygens (including phenoxy) is 3. The molecule has 0 saturated carbocycles. The standard InChI is InChI=1S/C24H24ClN3O4/c1-30-18-10-7-15(12-19(18)31-2)23-20-21(14-5-8-16(25)9-6-14)26-27-22(20)24(29)28(23)13-17-4-3-11-32-17/h5-10,12,17,23H,3-4,11,13H2,1-2H3,(H,26,27). The number of aromatic nitrogens is 2. The highest BCUT2D eigenvalue weighted by molar-refractivity contribution is 6.30. The Labute approximate surface area is 191 Å². The number of H-pyrrole nitrogens is 1. The monoisotopic (exact) mass is 453 g/mol. The molecular formula is C24H24ClN3O4. The molecule has 8 heteroatoms. The highest BCUT2D eigenvalue weighted by Crippen LogP contribution is 2.45. The Morgan fingerprint density at radius 3 is 2.62 bits per heavy atom. The van der Waals surface area contributed by atoms with Gasteiger partial charge in [-0.2, -0.15) is 5.10 Å². The van der Waals surface area contributed by atoms with E-state index in [1.807, 2.05) is 47.4 Å². The van der Waals surface area contributed by atoms with E-state index in [-0.39, 0.29) is 18.1 Å². The largest absolute Gasteiger partial charge is 0.493 e. The quantitative estimate of drug-likeness (QED) is 0.595. The van der Waals surface area contributed by atoms with E-state index in [0.717, 1.165) is 41.8 Å². The lowest BCUT2D eigenvalue weighted by Gasteiger charge is -2.29. The number of benzene rings is 2. The number of nitrogens with zero attached hydrogens (tertiary/aromatic N) is 2. The molecule has 1 amide bonds. The molecule has 2 atom stereocenters. The van der Waals surface area contributed by atoms with Crippen LogP contribution in [-0.4, -0.2) is 54.5 Å². The van der Waals surface area contributed by atoms with E-state index in [9.17, 15) is 4.79 Å². The Balaban J connectivity index is 1.63. The Morgan fingerprint density at radius 2 is 1.94 bits per heavy atom. The van der Waals surface area contributed by atoms with E-state index < -0.39 is 0 Å². The van der Waals surface area contributed by atoms with Gasteiger partial charge in [0.2, 0.25) is 0 Å². The number of hydrogen-bond donors (Lipinski definition) is 1. The van der Waals surface area contributed by atoms with Gasteiger partial charge in [0.05, 0.1) is 32.1 Å². The van der Waals surface area contributed by atoms with E-state index in [1.165, 1.54) is 0 Å². The van der Waals surface area contributed by atoms with Crippen LogP contribution in [0.5, 0.6) is 11.5 Å². The highest BCUT2D eigenvalue weighted by atomic mass is 35.5. The summed E-state index contributed by atoms with van der Waals surface area (Å²) in [6.45, 7) is 1.25. The number of carbonyl (C=O) groups is 1. The molecule has 0 spiro atoms. The van der Waals surface area contributed by atoms with Crippen LogP contribution in [0, 0.1) is 0 Å². The molecule has 1 saturated heterocycles. The normalized spacial score (nSPS) is 20.0. The molecule has 0 aliphatic carbocycles. The molecule has 32 heavy (non-hydrogen) atoms. The van der Waals surface area contributed by atoms with Crippen molar-refractivity contribution < 1.29 is 19.0 Å². The van der Waals surface area contributed by atoms with Crippen LogP contribution in [0.3, 0.4) is 0 Å². The molecule has 3 aromatic rings. The Hall–Kier alpha value is -3.03. The van der Waals surface area contributed by atoms with Crippen molar-refractivity contribution in [3.63, 3.8) is 0 Å². The number of amides is 1. The molecule has 166 valence electrons. The van der Waals surface area contributed by atoms with E-state index >= 15 is 0 Å². The second-order valence-corrected chi connectivity index (χ2v) is 8.41. The summed E-state index contributed by atoms with van der Waals surface area (Å²) in [6, 6.07) is 12.9. The first-order chi connectivity index (χ1) is 15.6. The Bertz CT molecular complexity index is 1140. The molecule has 2 aliphatic rings. The van der Waals surface area contributed by atoms with Gasteiger partial charge in [0.1, 0.15) is 5.69 Å². The first-order valence-electron chi connectivity index (χ1n) is 10.6. The summed E-state index contributed by atoms with van der Waals surface area (Å²) in [5.74, 6) is 1.17. The minimum atomic E-state index is -0.328. The first-order valence-corrected chi connectivity index (χ1v) is 11.0. The molecule has 2 aliphatic heterocycles. The average Bonchev–Trinajstić information content (AvgIpc) is 3.54. The van der Waals surface area contributed by atoms with Gasteiger partial charge >= 0.3 is 0 Å². The van der Waals surface area contributed by atoms with Crippen LogP contribution >= 0.6 is 11.6 Å². The molecule has 0 radical (unpaired) electrons. The molecule has 7 nitrogen and oxygen atoms in total. The fraction of sp³-hybridized carbons (Fsp3) is 0.333. The number of halogens is 1. The summed E-state index contributed by atoms with van der Waals surface area (Å²) >= 11 is 6.09. The summed E-state index contributed by atoms with van der Waals surface area (Å²) in [7, 11) is 3.21. The summed E-state index contributed by atoms with van der Waals surface area (Å²) < 4.78 is 16.8. The molecule has 3 heterocycles. The topological polar surface area (TPSA) is 76.7 Å². The van der Waals surface area contributed by atoms with Crippen LogP contribution in [0.25, 0.3) is 11.3 Å². The van der Waals surface area contributed by atoms with Crippen LogP contribution in [0.1, 0.15) is 40.5 Å². The van der Waals surface area contributed by atoms with Crippen molar-refractivity contribution in [1.29, 1.82) is 0 Å². The number of hydrogen-bond acceptors (Lipinski definition) is 5. The van der Waals surface area contributed by atoms with Crippen LogP contribution in [0.15, 0.2) is 42.5 Å². The van der Waals surface area contributed by atoms with E-state index in [0.29, 0.717) is 28.8 Å². The molecule has 5 rings (SSSR count). The van der Waals surface area contributed by atoms with Crippen molar-refractivity contribution in [2.75, 3.05) is 27.4 Å². The number of nitrogens with one attached hydrogen (secondary N) is 1. The molecule has 2 aromatic carbocycles. The summed E-state index contributed by atoms with van der Waals surface area (Å²) in [4.78, 5) is 15.3. The van der Waals surface area contributed by atoms with Crippen LogP contribution < -0.4 is 9.47 Å². The Morgan fingerprint density at radius 1 is 1.16 bits per heavy atom. The smallest absolute Gasteiger partial charge is 0.273 e. The zero-order valence-electron chi connectivity index (χ0n) is 17.9. The maximum Gasteiger partial charge on any atom is 0.273 e. The van der Waals surface area contributed by atoms with E-state index in [4.69, 9.17) is 25.8 Å². The SMILES string of the molecule is COc1ccc(C2c3c(-c4ccc(Cl)cc4)n[nH]c3C(=O)N2CC2CCCO2)cc1OC. The maximum absolute atomic E-state index is 13.5. The van der Waals surface area contributed by atoms with Gasteiger partial charge in [-0.3, -0.25) is 9.89 Å². The lowest BCUT2D eigenvalue weighted by atomic mass is 9.95. The zero-order chi connectivity index (χ0) is 22.2. The number of rotatable bonds is 6. The van der Waals surface area contributed by atoms with Gasteiger partial charge in [-0.1, -0.05) is 29.8 Å². The van der Waals surface area contributed by atoms with Crippen molar-refractivity contribution >= 4 is 17.5 Å². The van der Waals surface area contributed by atoms with Crippen molar-refractivity contribution in [2.45, 2.75) is 25.0 Å². The van der Waals surface area contributed by atoms with E-state index in [1.54, 1.807) is 14.2 Å². The number of carbonyl (C=O) groups excluding carboxylic acids is 1. The van der Waals surface area contributed by atoms with Gasteiger partial charge < -0.3 is 19.1 Å². The van der Waals surface area contributed by atoms with Crippen molar-refractivity contribution in [3.8, 4) is 22.8 Å². The third-order valence-corrected chi connectivity index (χ3v) is 6.38.